The fourth-order valence-electron chi connectivity index (χ4n) is 3.61. The molecule has 0 N–H and O–H groups in total. The van der Waals surface area contributed by atoms with Crippen LogP contribution in [0.5, 0.6) is 0 Å². The molecule has 1 fully saturated rings. The Morgan fingerprint density at radius 1 is 1.09 bits per heavy atom. The van der Waals surface area contributed by atoms with Gasteiger partial charge in [-0.1, -0.05) is 62.9 Å². The van der Waals surface area contributed by atoms with E-state index in [0.29, 0.717) is 13.2 Å². The first-order chi connectivity index (χ1) is 10.8. The Kier molecular flexibility index (Phi) is 7.73. The summed E-state index contributed by atoms with van der Waals surface area (Å²) in [6.07, 6.45) is 13.1. The first-order valence-electron chi connectivity index (χ1n) is 9.11. The standard InChI is InChI=1S/C21H32O/c1-3-5-6-7-18-8-12-20(13-9-18)21-14-10-19(11-15-21)17-22-16-4-2/h4,10-11,14-15,18,20H,2-3,5-9,12-13,16-17H2,1H3/t18-,20-. The van der Waals surface area contributed by atoms with Gasteiger partial charge < -0.3 is 4.74 Å². The SMILES string of the molecule is C=CCOCc1ccc([C@H]2CC[C@H](CCCCC)CC2)cc1. The van der Waals surface area contributed by atoms with E-state index in [1.54, 1.807) is 6.08 Å². The van der Waals surface area contributed by atoms with E-state index in [9.17, 15) is 0 Å². The maximum atomic E-state index is 5.50. The molecule has 1 aromatic carbocycles. The second-order valence-electron chi connectivity index (χ2n) is 6.76. The van der Waals surface area contributed by atoms with E-state index in [2.05, 4.69) is 37.8 Å². The van der Waals surface area contributed by atoms with Crippen molar-refractivity contribution in [2.75, 3.05) is 6.61 Å². The molecular formula is C21H32O. The molecule has 1 saturated carbocycles. The van der Waals surface area contributed by atoms with Crippen molar-refractivity contribution < 1.29 is 4.74 Å². The molecule has 0 aromatic heterocycles. The van der Waals surface area contributed by atoms with E-state index in [0.717, 1.165) is 11.8 Å². The van der Waals surface area contributed by atoms with Crippen molar-refractivity contribution >= 4 is 0 Å². The molecule has 0 radical (unpaired) electrons. The van der Waals surface area contributed by atoms with Gasteiger partial charge in [-0.25, -0.2) is 0 Å². The average molecular weight is 300 g/mol. The van der Waals surface area contributed by atoms with Crippen molar-refractivity contribution in [3.05, 3.63) is 48.0 Å². The highest BCUT2D eigenvalue weighted by molar-refractivity contribution is 5.25. The van der Waals surface area contributed by atoms with Gasteiger partial charge in [0.25, 0.3) is 0 Å². The van der Waals surface area contributed by atoms with Gasteiger partial charge in [0.2, 0.25) is 0 Å². The Hall–Kier alpha value is -1.08. The van der Waals surface area contributed by atoms with Crippen molar-refractivity contribution in [1.29, 1.82) is 0 Å². The Bertz CT molecular complexity index is 412. The minimum absolute atomic E-state index is 0.629. The van der Waals surface area contributed by atoms with E-state index in [-0.39, 0.29) is 0 Å². The summed E-state index contributed by atoms with van der Waals surface area (Å²) in [5.41, 5.74) is 2.79. The van der Waals surface area contributed by atoms with Crippen LogP contribution in [0.15, 0.2) is 36.9 Å². The molecule has 0 saturated heterocycles. The molecule has 0 amide bonds. The lowest BCUT2D eigenvalue weighted by Gasteiger charge is -2.29. The van der Waals surface area contributed by atoms with Gasteiger partial charge in [-0.15, -0.1) is 6.58 Å². The number of hydrogen-bond acceptors (Lipinski definition) is 1. The topological polar surface area (TPSA) is 9.23 Å². The van der Waals surface area contributed by atoms with Crippen LogP contribution in [0, 0.1) is 5.92 Å². The lowest BCUT2D eigenvalue weighted by molar-refractivity contribution is 0.149. The molecule has 0 spiro atoms. The van der Waals surface area contributed by atoms with Crippen molar-refractivity contribution in [3.63, 3.8) is 0 Å². The highest BCUT2D eigenvalue weighted by Gasteiger charge is 2.21. The molecule has 0 unspecified atom stereocenters. The quantitative estimate of drug-likeness (QED) is 0.387. The van der Waals surface area contributed by atoms with E-state index in [4.69, 9.17) is 4.74 Å². The van der Waals surface area contributed by atoms with Crippen LogP contribution in [0.4, 0.5) is 0 Å². The van der Waals surface area contributed by atoms with Crippen LogP contribution in [0.2, 0.25) is 0 Å². The van der Waals surface area contributed by atoms with E-state index in [1.165, 1.54) is 62.5 Å². The summed E-state index contributed by atoms with van der Waals surface area (Å²) >= 11 is 0. The lowest BCUT2D eigenvalue weighted by Crippen LogP contribution is -2.13. The number of ether oxygens (including phenoxy) is 1. The molecule has 1 heteroatoms. The van der Waals surface area contributed by atoms with Crippen molar-refractivity contribution in [1.82, 2.24) is 0 Å². The van der Waals surface area contributed by atoms with Crippen LogP contribution in [0.3, 0.4) is 0 Å². The predicted molar refractivity (Wildman–Crippen MR) is 95.1 cm³/mol. The molecule has 2 rings (SSSR count). The maximum absolute atomic E-state index is 5.50. The Balaban J connectivity index is 1.75. The van der Waals surface area contributed by atoms with Crippen molar-refractivity contribution in [3.8, 4) is 0 Å². The van der Waals surface area contributed by atoms with Crippen LogP contribution in [0.25, 0.3) is 0 Å². The third-order valence-corrected chi connectivity index (χ3v) is 5.02. The zero-order valence-electron chi connectivity index (χ0n) is 14.2. The van der Waals surface area contributed by atoms with Gasteiger partial charge in [-0.2, -0.15) is 0 Å². The molecule has 122 valence electrons. The molecule has 0 atom stereocenters. The van der Waals surface area contributed by atoms with E-state index >= 15 is 0 Å². The molecule has 0 bridgehead atoms. The second-order valence-corrected chi connectivity index (χ2v) is 6.76. The maximum Gasteiger partial charge on any atom is 0.0721 e. The number of hydrogen-bond donors (Lipinski definition) is 0. The Morgan fingerprint density at radius 2 is 1.82 bits per heavy atom. The van der Waals surface area contributed by atoms with Crippen LogP contribution in [-0.2, 0) is 11.3 Å². The minimum atomic E-state index is 0.629. The van der Waals surface area contributed by atoms with E-state index < -0.39 is 0 Å². The van der Waals surface area contributed by atoms with Crippen molar-refractivity contribution in [2.24, 2.45) is 5.92 Å². The van der Waals surface area contributed by atoms with Crippen LogP contribution in [-0.4, -0.2) is 6.61 Å². The molecule has 1 nitrogen and oxygen atoms in total. The normalized spacial score (nSPS) is 21.7. The Labute approximate surface area is 136 Å². The van der Waals surface area contributed by atoms with Gasteiger partial charge in [0.1, 0.15) is 0 Å². The zero-order chi connectivity index (χ0) is 15.6. The first kappa shape index (κ1) is 17.3. The fraction of sp³-hybridized carbons (Fsp3) is 0.619. The summed E-state index contributed by atoms with van der Waals surface area (Å²) in [5.74, 6) is 1.78. The molecule has 22 heavy (non-hydrogen) atoms. The average Bonchev–Trinajstić information content (AvgIpc) is 2.57. The minimum Gasteiger partial charge on any atom is -0.373 e. The first-order valence-corrected chi connectivity index (χ1v) is 9.11. The van der Waals surface area contributed by atoms with Crippen molar-refractivity contribution in [2.45, 2.75) is 70.8 Å². The molecular weight excluding hydrogens is 268 g/mol. The predicted octanol–water partition coefficient (Wildman–Crippen LogP) is 6.24. The van der Waals surface area contributed by atoms with Gasteiger partial charge >= 0.3 is 0 Å². The second kappa shape index (κ2) is 9.84. The summed E-state index contributed by atoms with van der Waals surface area (Å²) < 4.78 is 5.50. The fourth-order valence-corrected chi connectivity index (χ4v) is 3.61. The molecule has 1 aliphatic carbocycles. The smallest absolute Gasteiger partial charge is 0.0721 e. The van der Waals surface area contributed by atoms with Gasteiger partial charge in [0.05, 0.1) is 13.2 Å². The van der Waals surface area contributed by atoms with Gasteiger partial charge in [0.15, 0.2) is 0 Å². The van der Waals surface area contributed by atoms with Crippen LogP contribution in [0.1, 0.15) is 75.3 Å². The molecule has 0 heterocycles. The summed E-state index contributed by atoms with van der Waals surface area (Å²) in [6.45, 7) is 7.29. The molecule has 1 aromatic rings. The summed E-state index contributed by atoms with van der Waals surface area (Å²) in [7, 11) is 0. The van der Waals surface area contributed by atoms with Gasteiger partial charge in [-0.3, -0.25) is 0 Å². The zero-order valence-corrected chi connectivity index (χ0v) is 14.2. The number of unbranched alkanes of at least 4 members (excludes halogenated alkanes) is 2. The highest BCUT2D eigenvalue weighted by Crippen LogP contribution is 2.37. The number of rotatable bonds is 9. The largest absolute Gasteiger partial charge is 0.373 e. The molecule has 1 aliphatic rings. The summed E-state index contributed by atoms with van der Waals surface area (Å²) in [4.78, 5) is 0. The van der Waals surface area contributed by atoms with Crippen LogP contribution < -0.4 is 0 Å². The highest BCUT2D eigenvalue weighted by atomic mass is 16.5. The van der Waals surface area contributed by atoms with E-state index in [1.807, 2.05) is 0 Å². The third-order valence-electron chi connectivity index (χ3n) is 5.02. The number of benzene rings is 1. The Morgan fingerprint density at radius 3 is 2.45 bits per heavy atom. The summed E-state index contributed by atoms with van der Waals surface area (Å²) in [5, 5.41) is 0. The van der Waals surface area contributed by atoms with Gasteiger partial charge in [-0.05, 0) is 48.6 Å². The van der Waals surface area contributed by atoms with Crippen LogP contribution >= 0.6 is 0 Å². The monoisotopic (exact) mass is 300 g/mol. The molecule has 0 aliphatic heterocycles. The lowest BCUT2D eigenvalue weighted by atomic mass is 9.77. The summed E-state index contributed by atoms with van der Waals surface area (Å²) in [6, 6.07) is 9.08. The van der Waals surface area contributed by atoms with Gasteiger partial charge in [0, 0.05) is 0 Å². The third kappa shape index (κ3) is 5.61.